The molecule has 0 saturated carbocycles. The number of carbonyl (C=O) groups is 1. The number of nitrogens with zero attached hydrogens (tertiary/aromatic N) is 2. The van der Waals surface area contributed by atoms with Gasteiger partial charge < -0.3 is 11.1 Å². The van der Waals surface area contributed by atoms with E-state index in [0.29, 0.717) is 38.1 Å². The second kappa shape index (κ2) is 7.68. The van der Waals surface area contributed by atoms with E-state index in [2.05, 4.69) is 5.32 Å². The van der Waals surface area contributed by atoms with E-state index in [-0.39, 0.29) is 18.3 Å². The Balaban J connectivity index is 2.19. The molecular formula is C14H17F3N4O5S. The summed E-state index contributed by atoms with van der Waals surface area (Å²) in [5.41, 5.74) is -1.28. The molecule has 0 radical (unpaired) electrons. The minimum Gasteiger partial charge on any atom is -0.377 e. The Morgan fingerprint density at radius 2 is 1.93 bits per heavy atom. The van der Waals surface area contributed by atoms with Crippen LogP contribution in [-0.4, -0.2) is 55.3 Å². The fraction of sp³-hybridized carbons (Fsp3) is 0.500. The number of anilines is 1. The molecule has 1 heterocycles. The van der Waals surface area contributed by atoms with Crippen molar-refractivity contribution in [3.8, 4) is 0 Å². The molecule has 1 aliphatic rings. The van der Waals surface area contributed by atoms with Gasteiger partial charge in [0.05, 0.1) is 16.4 Å². The molecule has 150 valence electrons. The van der Waals surface area contributed by atoms with E-state index in [4.69, 9.17) is 5.73 Å². The van der Waals surface area contributed by atoms with Gasteiger partial charge in [0.1, 0.15) is 5.69 Å². The van der Waals surface area contributed by atoms with E-state index in [9.17, 15) is 36.5 Å². The lowest BCUT2D eigenvalue weighted by molar-refractivity contribution is -0.384. The van der Waals surface area contributed by atoms with Crippen LogP contribution in [0.5, 0.6) is 0 Å². The van der Waals surface area contributed by atoms with Gasteiger partial charge in [-0.3, -0.25) is 19.8 Å². The highest BCUT2D eigenvalue weighted by Gasteiger charge is 2.47. The lowest BCUT2D eigenvalue weighted by atomic mass is 10.0. The maximum Gasteiger partial charge on any atom is 0.501 e. The Morgan fingerprint density at radius 1 is 1.33 bits per heavy atom. The van der Waals surface area contributed by atoms with Gasteiger partial charge in [0.25, 0.3) is 15.5 Å². The SMILES string of the molecule is NC(=O)CN1CCC(Nc2ccc(S(=O)(=O)C(F)(F)F)cc2[N+](=O)[O-])CC1. The standard InChI is InChI=1S/C14H17F3N4O5S/c15-14(16,17)27(25,26)10-1-2-11(12(7-10)21(23)24)19-9-3-5-20(6-4-9)8-13(18)22/h1-2,7,9,19H,3-6,8H2,(H2,18,22). The van der Waals surface area contributed by atoms with Gasteiger partial charge in [0.2, 0.25) is 5.91 Å². The fourth-order valence-corrected chi connectivity index (χ4v) is 3.54. The van der Waals surface area contributed by atoms with Crippen LogP contribution in [0.3, 0.4) is 0 Å². The Morgan fingerprint density at radius 3 is 2.41 bits per heavy atom. The molecule has 1 aromatic rings. The Labute approximate surface area is 152 Å². The van der Waals surface area contributed by atoms with Crippen molar-refractivity contribution in [2.75, 3.05) is 25.0 Å². The maximum absolute atomic E-state index is 12.6. The Bertz CT molecular complexity index is 836. The van der Waals surface area contributed by atoms with Crippen molar-refractivity contribution in [3.05, 3.63) is 28.3 Å². The number of nitro benzene ring substituents is 1. The van der Waals surface area contributed by atoms with Gasteiger partial charge in [-0.05, 0) is 25.0 Å². The monoisotopic (exact) mass is 410 g/mol. The topological polar surface area (TPSA) is 136 Å². The number of benzene rings is 1. The minimum atomic E-state index is -5.68. The van der Waals surface area contributed by atoms with Crippen LogP contribution in [0.25, 0.3) is 0 Å². The molecule has 0 aromatic heterocycles. The quantitative estimate of drug-likeness (QED) is 0.532. The van der Waals surface area contributed by atoms with Crippen molar-refractivity contribution < 1.29 is 31.3 Å². The molecule has 1 aliphatic heterocycles. The van der Waals surface area contributed by atoms with Gasteiger partial charge in [-0.15, -0.1) is 0 Å². The van der Waals surface area contributed by atoms with Gasteiger partial charge in [0, 0.05) is 25.2 Å². The smallest absolute Gasteiger partial charge is 0.377 e. The first-order valence-corrected chi connectivity index (χ1v) is 9.27. The third-order valence-corrected chi connectivity index (χ3v) is 5.59. The van der Waals surface area contributed by atoms with Crippen LogP contribution in [0, 0.1) is 10.1 Å². The van der Waals surface area contributed by atoms with Crippen LogP contribution in [-0.2, 0) is 14.6 Å². The second-order valence-corrected chi connectivity index (χ2v) is 7.99. The zero-order valence-electron chi connectivity index (χ0n) is 13.9. The summed E-state index contributed by atoms with van der Waals surface area (Å²) in [6.45, 7) is 1.11. The highest BCUT2D eigenvalue weighted by atomic mass is 32.2. The van der Waals surface area contributed by atoms with E-state index in [1.165, 1.54) is 0 Å². The Hall–Kier alpha value is -2.41. The molecule has 13 heteroatoms. The molecule has 3 N–H and O–H groups in total. The van der Waals surface area contributed by atoms with E-state index in [1.54, 1.807) is 0 Å². The zero-order valence-corrected chi connectivity index (χ0v) is 14.7. The van der Waals surface area contributed by atoms with Gasteiger partial charge in [0.15, 0.2) is 0 Å². The molecule has 1 amide bonds. The number of likely N-dealkylation sites (tertiary alicyclic amines) is 1. The normalized spacial score (nSPS) is 16.9. The van der Waals surface area contributed by atoms with Crippen molar-refractivity contribution >= 4 is 27.1 Å². The number of alkyl halides is 3. The van der Waals surface area contributed by atoms with Gasteiger partial charge in [-0.2, -0.15) is 13.2 Å². The molecule has 1 fully saturated rings. The third kappa shape index (κ3) is 4.86. The second-order valence-electron chi connectivity index (χ2n) is 6.05. The van der Waals surface area contributed by atoms with E-state index in [0.717, 1.165) is 6.07 Å². The van der Waals surface area contributed by atoms with Crippen LogP contribution in [0.1, 0.15) is 12.8 Å². The highest BCUT2D eigenvalue weighted by Crippen LogP contribution is 2.35. The number of nitrogens with two attached hydrogens (primary N) is 1. The average Bonchev–Trinajstić information content (AvgIpc) is 2.55. The lowest BCUT2D eigenvalue weighted by Crippen LogP contribution is -2.43. The lowest BCUT2D eigenvalue weighted by Gasteiger charge is -2.31. The predicted molar refractivity (Wildman–Crippen MR) is 88.6 cm³/mol. The third-order valence-electron chi connectivity index (χ3n) is 4.11. The fourth-order valence-electron chi connectivity index (χ4n) is 2.76. The number of nitrogens with one attached hydrogen (secondary N) is 1. The summed E-state index contributed by atoms with van der Waals surface area (Å²) in [5, 5.41) is 14.1. The number of nitro groups is 1. The summed E-state index contributed by atoms with van der Waals surface area (Å²) in [5.74, 6) is -0.474. The number of halogens is 3. The van der Waals surface area contributed by atoms with Crippen molar-refractivity contribution in [3.63, 3.8) is 0 Å². The first kappa shape index (κ1) is 20.9. The van der Waals surface area contributed by atoms with E-state index >= 15 is 0 Å². The molecule has 9 nitrogen and oxygen atoms in total. The highest BCUT2D eigenvalue weighted by molar-refractivity contribution is 7.92. The number of piperidine rings is 1. The molecule has 1 saturated heterocycles. The number of hydrogen-bond acceptors (Lipinski definition) is 7. The summed E-state index contributed by atoms with van der Waals surface area (Å²) in [7, 11) is -5.68. The summed E-state index contributed by atoms with van der Waals surface area (Å²) in [4.78, 5) is 21.8. The summed E-state index contributed by atoms with van der Waals surface area (Å²) < 4.78 is 60.8. The first-order chi connectivity index (χ1) is 12.4. The van der Waals surface area contributed by atoms with Crippen molar-refractivity contribution in [2.45, 2.75) is 29.3 Å². The molecule has 0 unspecified atom stereocenters. The van der Waals surface area contributed by atoms with E-state index < -0.39 is 36.8 Å². The summed E-state index contributed by atoms with van der Waals surface area (Å²) in [6, 6.07) is 1.80. The van der Waals surface area contributed by atoms with E-state index in [1.807, 2.05) is 4.90 Å². The Kier molecular flexibility index (Phi) is 5.94. The van der Waals surface area contributed by atoms with Crippen LogP contribution in [0.15, 0.2) is 23.1 Å². The molecular weight excluding hydrogens is 393 g/mol. The number of rotatable bonds is 6. The van der Waals surface area contributed by atoms with Crippen molar-refractivity contribution in [1.29, 1.82) is 0 Å². The average molecular weight is 410 g/mol. The number of carbonyl (C=O) groups excluding carboxylic acids is 1. The largest absolute Gasteiger partial charge is 0.501 e. The number of sulfone groups is 1. The minimum absolute atomic E-state index is 0.0746. The molecule has 1 aromatic carbocycles. The molecule has 0 atom stereocenters. The predicted octanol–water partition coefficient (Wildman–Crippen LogP) is 1.25. The van der Waals surface area contributed by atoms with Crippen LogP contribution in [0.4, 0.5) is 24.5 Å². The van der Waals surface area contributed by atoms with Gasteiger partial charge in [-0.25, -0.2) is 8.42 Å². The zero-order chi connectivity index (χ0) is 20.4. The maximum atomic E-state index is 12.6. The number of primary amides is 1. The molecule has 2 rings (SSSR count). The van der Waals surface area contributed by atoms with Gasteiger partial charge in [-0.1, -0.05) is 0 Å². The van der Waals surface area contributed by atoms with Gasteiger partial charge >= 0.3 is 5.51 Å². The molecule has 0 aliphatic carbocycles. The van der Waals surface area contributed by atoms with Crippen LogP contribution >= 0.6 is 0 Å². The van der Waals surface area contributed by atoms with Crippen LogP contribution in [0.2, 0.25) is 0 Å². The first-order valence-electron chi connectivity index (χ1n) is 7.79. The molecule has 27 heavy (non-hydrogen) atoms. The number of amides is 1. The number of hydrogen-bond donors (Lipinski definition) is 2. The molecule has 0 spiro atoms. The van der Waals surface area contributed by atoms with Crippen molar-refractivity contribution in [2.24, 2.45) is 5.73 Å². The summed E-state index contributed by atoms with van der Waals surface area (Å²) in [6.07, 6.45) is 1.04. The van der Waals surface area contributed by atoms with Crippen LogP contribution < -0.4 is 11.1 Å². The molecule has 0 bridgehead atoms. The van der Waals surface area contributed by atoms with Crippen molar-refractivity contribution in [1.82, 2.24) is 4.90 Å². The summed E-state index contributed by atoms with van der Waals surface area (Å²) >= 11 is 0.